The van der Waals surface area contributed by atoms with Crippen LogP contribution in [0.15, 0.2) is 83.5 Å². The molecule has 0 amide bonds. The second kappa shape index (κ2) is 8.97. The number of hydrogen-bond acceptors (Lipinski definition) is 6. The number of anilines is 8. The number of nitrogen functional groups attached to an aromatic ring is 2. The highest BCUT2D eigenvalue weighted by Gasteiger charge is 2.10. The van der Waals surface area contributed by atoms with Gasteiger partial charge in [-0.1, -0.05) is 28.1 Å². The molecule has 0 aliphatic carbocycles. The number of benzene rings is 3. The summed E-state index contributed by atoms with van der Waals surface area (Å²) in [6.07, 6.45) is 1.76. The lowest BCUT2D eigenvalue weighted by Crippen LogP contribution is -2.04. The lowest BCUT2D eigenvalue weighted by Gasteiger charge is -2.18. The molecule has 0 radical (unpaired) electrons. The minimum absolute atomic E-state index is 0.560. The van der Waals surface area contributed by atoms with Crippen molar-refractivity contribution in [2.75, 3.05) is 27.4 Å². The highest BCUT2D eigenvalue weighted by Crippen LogP contribution is 2.36. The van der Waals surface area contributed by atoms with Gasteiger partial charge in [-0.15, -0.1) is 0 Å². The van der Waals surface area contributed by atoms with Gasteiger partial charge in [0, 0.05) is 16.4 Å². The lowest BCUT2D eigenvalue weighted by atomic mass is 10.1. The quantitative estimate of drug-likeness (QED) is 0.203. The lowest BCUT2D eigenvalue weighted by molar-refractivity contribution is 1.20. The van der Waals surface area contributed by atoms with E-state index in [9.17, 15) is 0 Å². The van der Waals surface area contributed by atoms with Gasteiger partial charge in [-0.3, -0.25) is 4.98 Å². The zero-order valence-corrected chi connectivity index (χ0v) is 18.6. The number of aryl methyl sites for hydroxylation is 1. The maximum atomic E-state index is 6.27. The maximum absolute atomic E-state index is 6.27. The maximum Gasteiger partial charge on any atom is 0.0640 e. The van der Waals surface area contributed by atoms with E-state index in [1.165, 1.54) is 0 Å². The van der Waals surface area contributed by atoms with Crippen LogP contribution in [0.5, 0.6) is 0 Å². The standard InChI is InChI=1S/C24H23BrN6/c1-15-20(7-4-12-28-15)30-23-14-24(19(27)13-18(23)26)31-22-6-3-2-5-21(22)29-17-10-8-16(25)9-11-17/h2-14,29-31H,26-27H2,1H3. The van der Waals surface area contributed by atoms with E-state index in [1.54, 1.807) is 12.3 Å². The average molecular weight is 475 g/mol. The van der Waals surface area contributed by atoms with Crippen LogP contribution in [0.2, 0.25) is 0 Å². The molecule has 156 valence electrons. The third kappa shape index (κ3) is 4.90. The number of rotatable bonds is 6. The molecule has 0 saturated carbocycles. The number of halogens is 1. The van der Waals surface area contributed by atoms with E-state index < -0.39 is 0 Å². The van der Waals surface area contributed by atoms with Crippen molar-refractivity contribution in [1.82, 2.24) is 4.98 Å². The van der Waals surface area contributed by atoms with E-state index in [-0.39, 0.29) is 0 Å². The Bertz CT molecular complexity index is 1210. The van der Waals surface area contributed by atoms with E-state index in [1.807, 2.05) is 73.7 Å². The Morgan fingerprint density at radius 1 is 0.677 bits per heavy atom. The van der Waals surface area contributed by atoms with Gasteiger partial charge in [0.2, 0.25) is 0 Å². The van der Waals surface area contributed by atoms with Crippen molar-refractivity contribution in [2.24, 2.45) is 0 Å². The van der Waals surface area contributed by atoms with Crippen molar-refractivity contribution < 1.29 is 0 Å². The van der Waals surface area contributed by atoms with Crippen LogP contribution in [-0.2, 0) is 0 Å². The van der Waals surface area contributed by atoms with Crippen LogP contribution >= 0.6 is 15.9 Å². The van der Waals surface area contributed by atoms with E-state index in [4.69, 9.17) is 11.5 Å². The molecule has 0 spiro atoms. The number of nitrogens with zero attached hydrogens (tertiary/aromatic N) is 1. The van der Waals surface area contributed by atoms with Gasteiger partial charge in [0.25, 0.3) is 0 Å². The molecule has 0 bridgehead atoms. The molecule has 1 heterocycles. The smallest absolute Gasteiger partial charge is 0.0640 e. The normalized spacial score (nSPS) is 10.5. The number of aromatic nitrogens is 1. The molecule has 4 rings (SSSR count). The molecule has 3 aromatic carbocycles. The molecule has 6 nitrogen and oxygen atoms in total. The van der Waals surface area contributed by atoms with Crippen LogP contribution in [0, 0.1) is 6.92 Å². The van der Waals surface area contributed by atoms with E-state index >= 15 is 0 Å². The molecule has 0 atom stereocenters. The molecule has 4 aromatic rings. The first-order valence-electron chi connectivity index (χ1n) is 9.76. The molecular formula is C24H23BrN6. The second-order valence-corrected chi connectivity index (χ2v) is 8.01. The number of para-hydroxylation sites is 2. The molecule has 0 unspecified atom stereocenters. The number of nitrogens with two attached hydrogens (primary N) is 2. The van der Waals surface area contributed by atoms with Crippen LogP contribution in [0.1, 0.15) is 5.69 Å². The van der Waals surface area contributed by atoms with Crippen LogP contribution in [0.25, 0.3) is 0 Å². The zero-order valence-electron chi connectivity index (χ0n) is 17.0. The minimum atomic E-state index is 0.560. The summed E-state index contributed by atoms with van der Waals surface area (Å²) in [5.74, 6) is 0. The fraction of sp³-hybridized carbons (Fsp3) is 0.0417. The SMILES string of the molecule is Cc1ncccc1Nc1cc(Nc2ccccc2Nc2ccc(Br)cc2)c(N)cc1N. The molecule has 7 heteroatoms. The molecule has 1 aromatic heterocycles. The molecule has 0 saturated heterocycles. The van der Waals surface area contributed by atoms with Crippen LogP contribution in [0.4, 0.5) is 45.5 Å². The Morgan fingerprint density at radius 3 is 1.90 bits per heavy atom. The van der Waals surface area contributed by atoms with Gasteiger partial charge in [0.05, 0.1) is 45.5 Å². The Labute approximate surface area is 189 Å². The van der Waals surface area contributed by atoms with Gasteiger partial charge >= 0.3 is 0 Å². The van der Waals surface area contributed by atoms with Gasteiger partial charge < -0.3 is 27.4 Å². The van der Waals surface area contributed by atoms with E-state index in [0.29, 0.717) is 11.4 Å². The highest BCUT2D eigenvalue weighted by molar-refractivity contribution is 9.10. The van der Waals surface area contributed by atoms with Crippen LogP contribution in [0.3, 0.4) is 0 Å². The summed E-state index contributed by atoms with van der Waals surface area (Å²) < 4.78 is 1.03. The van der Waals surface area contributed by atoms with Crippen molar-refractivity contribution in [3.63, 3.8) is 0 Å². The summed E-state index contributed by atoms with van der Waals surface area (Å²) >= 11 is 3.46. The van der Waals surface area contributed by atoms with Crippen molar-refractivity contribution in [3.05, 3.63) is 89.2 Å². The first-order valence-corrected chi connectivity index (χ1v) is 10.5. The summed E-state index contributed by atoms with van der Waals surface area (Å²) in [5.41, 5.74) is 19.7. The predicted molar refractivity (Wildman–Crippen MR) is 135 cm³/mol. The van der Waals surface area contributed by atoms with Crippen LogP contribution in [-0.4, -0.2) is 4.98 Å². The third-order valence-corrected chi connectivity index (χ3v) is 5.35. The zero-order chi connectivity index (χ0) is 21.8. The monoisotopic (exact) mass is 474 g/mol. The van der Waals surface area contributed by atoms with Crippen LogP contribution < -0.4 is 27.4 Å². The largest absolute Gasteiger partial charge is 0.397 e. The van der Waals surface area contributed by atoms with E-state index in [0.717, 1.165) is 44.3 Å². The minimum Gasteiger partial charge on any atom is -0.397 e. The Kier molecular flexibility index (Phi) is 5.95. The van der Waals surface area contributed by atoms with Gasteiger partial charge in [-0.2, -0.15) is 0 Å². The van der Waals surface area contributed by atoms with Crippen molar-refractivity contribution in [3.8, 4) is 0 Å². The fourth-order valence-electron chi connectivity index (χ4n) is 3.15. The summed E-state index contributed by atoms with van der Waals surface area (Å²) in [7, 11) is 0. The first-order chi connectivity index (χ1) is 15.0. The van der Waals surface area contributed by atoms with Crippen molar-refractivity contribution in [1.29, 1.82) is 0 Å². The highest BCUT2D eigenvalue weighted by atomic mass is 79.9. The Morgan fingerprint density at radius 2 is 1.26 bits per heavy atom. The summed E-state index contributed by atoms with van der Waals surface area (Å²) in [4.78, 5) is 4.31. The molecule has 31 heavy (non-hydrogen) atoms. The summed E-state index contributed by atoms with van der Waals surface area (Å²) in [6, 6.07) is 23.5. The topological polar surface area (TPSA) is 101 Å². The van der Waals surface area contributed by atoms with Gasteiger partial charge in [0.1, 0.15) is 0 Å². The molecular weight excluding hydrogens is 452 g/mol. The van der Waals surface area contributed by atoms with Crippen molar-refractivity contribution in [2.45, 2.75) is 6.92 Å². The number of hydrogen-bond donors (Lipinski definition) is 5. The first kappa shape index (κ1) is 20.6. The third-order valence-electron chi connectivity index (χ3n) is 4.82. The summed E-state index contributed by atoms with van der Waals surface area (Å²) in [5, 5.41) is 10.2. The Balaban J connectivity index is 1.62. The molecule has 0 aliphatic heterocycles. The predicted octanol–water partition coefficient (Wildman–Crippen LogP) is 6.55. The van der Waals surface area contributed by atoms with Gasteiger partial charge in [0.15, 0.2) is 0 Å². The number of pyridine rings is 1. The van der Waals surface area contributed by atoms with Gasteiger partial charge in [-0.25, -0.2) is 0 Å². The van der Waals surface area contributed by atoms with Gasteiger partial charge in [-0.05, 0) is 67.6 Å². The summed E-state index contributed by atoms with van der Waals surface area (Å²) in [6.45, 7) is 1.94. The van der Waals surface area contributed by atoms with Crippen molar-refractivity contribution >= 4 is 61.4 Å². The second-order valence-electron chi connectivity index (χ2n) is 7.09. The molecule has 7 N–H and O–H groups in total. The molecule has 0 fully saturated rings. The van der Waals surface area contributed by atoms with E-state index in [2.05, 4.69) is 36.9 Å². The Hall–Kier alpha value is -3.71. The molecule has 0 aliphatic rings. The number of nitrogens with one attached hydrogen (secondary N) is 3. The average Bonchev–Trinajstić information content (AvgIpc) is 2.76. The fourth-order valence-corrected chi connectivity index (χ4v) is 3.41.